The van der Waals surface area contributed by atoms with Crippen LogP contribution >= 0.6 is 0 Å². The second kappa shape index (κ2) is 11.4. The number of methoxy groups -OCH3 is 1. The summed E-state index contributed by atoms with van der Waals surface area (Å²) in [6, 6.07) is 15.1. The zero-order chi connectivity index (χ0) is 26.5. The fourth-order valence-corrected chi connectivity index (χ4v) is 4.47. The Bertz CT molecular complexity index is 1280. The molecule has 1 unspecified atom stereocenters. The Kier molecular flexibility index (Phi) is 8.01. The normalized spacial score (nSPS) is 15.2. The molecule has 2 heterocycles. The van der Waals surface area contributed by atoms with E-state index < -0.39 is 5.97 Å². The third kappa shape index (κ3) is 6.05. The number of rotatable bonds is 9. The Labute approximate surface area is 218 Å². The highest BCUT2D eigenvalue weighted by atomic mass is 16.5. The highest BCUT2D eigenvalue weighted by Gasteiger charge is 2.28. The first kappa shape index (κ1) is 26.1. The number of ether oxygens (including phenoxy) is 2. The maximum Gasteiger partial charge on any atom is 0.338 e. The smallest absolute Gasteiger partial charge is 0.338 e. The van der Waals surface area contributed by atoms with Crippen molar-refractivity contribution < 1.29 is 19.1 Å². The van der Waals surface area contributed by atoms with Gasteiger partial charge in [0.2, 0.25) is 5.91 Å². The lowest BCUT2D eigenvalue weighted by molar-refractivity contribution is -0.128. The molecule has 7 heteroatoms. The number of esters is 1. The summed E-state index contributed by atoms with van der Waals surface area (Å²) in [6.07, 6.45) is 2.77. The Morgan fingerprint density at radius 3 is 2.46 bits per heavy atom. The molecule has 1 aromatic heterocycles. The van der Waals surface area contributed by atoms with Crippen molar-refractivity contribution in [2.75, 3.05) is 13.7 Å². The molecular formula is C30H33N3O4. The molecule has 192 valence electrons. The van der Waals surface area contributed by atoms with Crippen molar-refractivity contribution >= 4 is 11.9 Å². The molecule has 1 aliphatic rings. The standard InChI is InChI=1S/C30H33N3O4/c1-6-7-22-15-23(18-33-17-20(4)14-29(33)34)28(16-25(22)30(35)36-5)37-24-10-8-21(9-11-24)27-13-12-26(19(2)3)31-32-27/h6,8-13,15-16,19-20H,1,7,14,17-18H2,2-5H3. The summed E-state index contributed by atoms with van der Waals surface area (Å²) in [5.41, 5.74) is 4.67. The molecule has 37 heavy (non-hydrogen) atoms. The molecule has 0 saturated carbocycles. The first-order valence-electron chi connectivity index (χ1n) is 12.5. The van der Waals surface area contributed by atoms with E-state index in [1.165, 1.54) is 7.11 Å². The quantitative estimate of drug-likeness (QED) is 0.268. The first-order chi connectivity index (χ1) is 17.8. The molecule has 1 fully saturated rings. The lowest BCUT2D eigenvalue weighted by Crippen LogP contribution is -2.25. The van der Waals surface area contributed by atoms with Crippen LogP contribution in [0.5, 0.6) is 11.5 Å². The summed E-state index contributed by atoms with van der Waals surface area (Å²) in [5.74, 6) is 1.41. The molecule has 7 nitrogen and oxygen atoms in total. The van der Waals surface area contributed by atoms with Gasteiger partial charge >= 0.3 is 5.97 Å². The molecule has 0 N–H and O–H groups in total. The van der Waals surface area contributed by atoms with Gasteiger partial charge in [0.25, 0.3) is 0 Å². The predicted octanol–water partition coefficient (Wildman–Crippen LogP) is 5.94. The van der Waals surface area contributed by atoms with Gasteiger partial charge in [-0.15, -0.1) is 6.58 Å². The van der Waals surface area contributed by atoms with Gasteiger partial charge in [0.15, 0.2) is 0 Å². The summed E-state index contributed by atoms with van der Waals surface area (Å²) >= 11 is 0. The number of nitrogens with zero attached hydrogens (tertiary/aromatic N) is 3. The lowest BCUT2D eigenvalue weighted by Gasteiger charge is -2.21. The van der Waals surface area contributed by atoms with Crippen molar-refractivity contribution in [3.05, 3.63) is 83.6 Å². The maximum atomic E-state index is 12.5. The fraction of sp³-hybridized carbons (Fsp3) is 0.333. The second-order valence-electron chi connectivity index (χ2n) is 9.81. The monoisotopic (exact) mass is 499 g/mol. The SMILES string of the molecule is C=CCc1cc(CN2CC(C)CC2=O)c(Oc2ccc(-c3ccc(C(C)C)nn3)cc2)cc1C(=O)OC. The number of amides is 1. The van der Waals surface area contributed by atoms with Crippen LogP contribution in [0.4, 0.5) is 0 Å². The van der Waals surface area contributed by atoms with Gasteiger partial charge in [0.1, 0.15) is 11.5 Å². The molecule has 3 aromatic rings. The largest absolute Gasteiger partial charge is 0.465 e. The first-order valence-corrected chi connectivity index (χ1v) is 12.5. The topological polar surface area (TPSA) is 81.6 Å². The third-order valence-corrected chi connectivity index (χ3v) is 6.48. The molecule has 1 saturated heterocycles. The van der Waals surface area contributed by atoms with Gasteiger partial charge in [-0.3, -0.25) is 4.79 Å². The Balaban J connectivity index is 1.65. The number of aromatic nitrogens is 2. The van der Waals surface area contributed by atoms with Gasteiger partial charge < -0.3 is 14.4 Å². The summed E-state index contributed by atoms with van der Waals surface area (Å²) < 4.78 is 11.3. The van der Waals surface area contributed by atoms with Crippen LogP contribution in [0.2, 0.25) is 0 Å². The van der Waals surface area contributed by atoms with E-state index in [2.05, 4.69) is 37.5 Å². The minimum Gasteiger partial charge on any atom is -0.465 e. The van der Waals surface area contributed by atoms with Crippen LogP contribution in [0, 0.1) is 5.92 Å². The Morgan fingerprint density at radius 1 is 1.14 bits per heavy atom. The average Bonchev–Trinajstić information content (AvgIpc) is 3.21. The van der Waals surface area contributed by atoms with Crippen LogP contribution in [0.25, 0.3) is 11.3 Å². The Morgan fingerprint density at radius 2 is 1.89 bits per heavy atom. The van der Waals surface area contributed by atoms with Crippen LogP contribution < -0.4 is 4.74 Å². The summed E-state index contributed by atoms with van der Waals surface area (Å²) in [6.45, 7) is 11.1. The number of hydrogen-bond donors (Lipinski definition) is 0. The predicted molar refractivity (Wildman–Crippen MR) is 143 cm³/mol. The van der Waals surface area contributed by atoms with E-state index in [1.54, 1.807) is 12.1 Å². The fourth-order valence-electron chi connectivity index (χ4n) is 4.47. The highest BCUT2D eigenvalue weighted by Crippen LogP contribution is 2.33. The van der Waals surface area contributed by atoms with Crippen LogP contribution in [0.1, 0.15) is 60.3 Å². The number of likely N-dealkylation sites (tertiary alicyclic amines) is 1. The van der Waals surface area contributed by atoms with E-state index in [-0.39, 0.29) is 5.91 Å². The van der Waals surface area contributed by atoms with Gasteiger partial charge in [0.05, 0.1) is 24.1 Å². The van der Waals surface area contributed by atoms with Crippen LogP contribution in [0.3, 0.4) is 0 Å². The molecule has 0 spiro atoms. The molecule has 0 bridgehead atoms. The van der Waals surface area contributed by atoms with Gasteiger partial charge in [-0.1, -0.05) is 26.8 Å². The van der Waals surface area contributed by atoms with Crippen molar-refractivity contribution in [1.82, 2.24) is 15.1 Å². The number of carbonyl (C=O) groups excluding carboxylic acids is 2. The number of allylic oxidation sites excluding steroid dienone is 1. The van der Waals surface area contributed by atoms with Gasteiger partial charge in [-0.2, -0.15) is 10.2 Å². The number of hydrogen-bond acceptors (Lipinski definition) is 6. The number of carbonyl (C=O) groups is 2. The van der Waals surface area contributed by atoms with Crippen LogP contribution in [0.15, 0.2) is 61.2 Å². The summed E-state index contributed by atoms with van der Waals surface area (Å²) in [5, 5.41) is 8.66. The van der Waals surface area contributed by atoms with E-state index in [0.29, 0.717) is 54.8 Å². The maximum absolute atomic E-state index is 12.5. The zero-order valence-corrected chi connectivity index (χ0v) is 21.9. The molecule has 1 atom stereocenters. The highest BCUT2D eigenvalue weighted by molar-refractivity contribution is 5.92. The van der Waals surface area contributed by atoms with Gasteiger partial charge in [-0.05, 0) is 72.4 Å². The summed E-state index contributed by atoms with van der Waals surface area (Å²) in [4.78, 5) is 26.9. The van der Waals surface area contributed by atoms with Crippen LogP contribution in [-0.4, -0.2) is 40.6 Å². The van der Waals surface area contributed by atoms with Crippen molar-refractivity contribution in [2.45, 2.75) is 46.1 Å². The lowest BCUT2D eigenvalue weighted by atomic mass is 9.99. The third-order valence-electron chi connectivity index (χ3n) is 6.48. The molecule has 2 aromatic carbocycles. The van der Waals surface area contributed by atoms with Crippen molar-refractivity contribution in [3.63, 3.8) is 0 Å². The van der Waals surface area contributed by atoms with Crippen molar-refractivity contribution in [2.24, 2.45) is 5.92 Å². The van der Waals surface area contributed by atoms with Crippen LogP contribution in [-0.2, 0) is 22.5 Å². The molecule has 4 rings (SSSR count). The number of benzene rings is 2. The van der Waals surface area contributed by atoms with Gasteiger partial charge in [0, 0.05) is 30.6 Å². The molecule has 0 aliphatic carbocycles. The minimum absolute atomic E-state index is 0.120. The van der Waals surface area contributed by atoms with E-state index in [1.807, 2.05) is 47.4 Å². The van der Waals surface area contributed by atoms with Gasteiger partial charge in [-0.25, -0.2) is 4.79 Å². The minimum atomic E-state index is -0.446. The van der Waals surface area contributed by atoms with Crippen molar-refractivity contribution in [1.29, 1.82) is 0 Å². The van der Waals surface area contributed by atoms with Crippen molar-refractivity contribution in [3.8, 4) is 22.8 Å². The van der Waals surface area contributed by atoms with E-state index in [9.17, 15) is 9.59 Å². The Hall–Kier alpha value is -4.00. The molecular weight excluding hydrogens is 466 g/mol. The summed E-state index contributed by atoms with van der Waals surface area (Å²) in [7, 11) is 1.36. The van der Waals surface area contributed by atoms with E-state index in [0.717, 1.165) is 28.1 Å². The zero-order valence-electron chi connectivity index (χ0n) is 21.9. The van der Waals surface area contributed by atoms with E-state index >= 15 is 0 Å². The second-order valence-corrected chi connectivity index (χ2v) is 9.81. The molecule has 1 amide bonds. The average molecular weight is 500 g/mol. The van der Waals surface area contributed by atoms with E-state index in [4.69, 9.17) is 9.47 Å². The molecule has 1 aliphatic heterocycles. The molecule has 0 radical (unpaired) electrons.